The van der Waals surface area contributed by atoms with E-state index in [1.54, 1.807) is 18.2 Å². The van der Waals surface area contributed by atoms with Gasteiger partial charge in [-0.15, -0.1) is 0 Å². The summed E-state index contributed by atoms with van der Waals surface area (Å²) in [5, 5.41) is 9.04. The number of nitrogens with two attached hydrogens (primary N) is 2. The first kappa shape index (κ1) is 10.8. The molecule has 0 radical (unpaired) electrons. The smallest absolute Gasteiger partial charge is 0.320 e. The molecule has 1 aromatic carbocycles. The first-order valence-electron chi connectivity index (χ1n) is 4.03. The molecule has 0 amide bonds. The summed E-state index contributed by atoms with van der Waals surface area (Å²) >= 11 is 5.85. The number of benzene rings is 1. The van der Waals surface area contributed by atoms with E-state index in [0.717, 1.165) is 0 Å². The number of hydrogen-bond donors (Lipinski definition) is 3. The van der Waals surface area contributed by atoms with Crippen molar-refractivity contribution in [2.75, 3.05) is 5.73 Å². The highest BCUT2D eigenvalue weighted by atomic mass is 35.5. The van der Waals surface area contributed by atoms with Gasteiger partial charge in [-0.1, -0.05) is 17.7 Å². The molecule has 0 spiro atoms. The molecule has 0 saturated heterocycles. The normalized spacial score (nSPS) is 12.4. The van der Waals surface area contributed by atoms with Gasteiger partial charge in [0.2, 0.25) is 0 Å². The SMILES string of the molecule is Nc1ccc(CC(N)C(=O)O)c(Cl)c1. The maximum Gasteiger partial charge on any atom is 0.320 e. The van der Waals surface area contributed by atoms with E-state index in [0.29, 0.717) is 16.3 Å². The van der Waals surface area contributed by atoms with Gasteiger partial charge in [0.25, 0.3) is 0 Å². The zero-order chi connectivity index (χ0) is 10.7. The fourth-order valence-corrected chi connectivity index (χ4v) is 1.32. The van der Waals surface area contributed by atoms with Crippen molar-refractivity contribution in [1.29, 1.82) is 0 Å². The molecule has 1 aromatic rings. The largest absolute Gasteiger partial charge is 0.480 e. The molecule has 0 saturated carbocycles. The Labute approximate surface area is 86.5 Å². The molecule has 14 heavy (non-hydrogen) atoms. The Balaban J connectivity index is 2.82. The molecule has 0 fully saturated rings. The van der Waals surface area contributed by atoms with Gasteiger partial charge < -0.3 is 16.6 Å². The van der Waals surface area contributed by atoms with Crippen molar-refractivity contribution in [2.45, 2.75) is 12.5 Å². The van der Waals surface area contributed by atoms with Crippen LogP contribution >= 0.6 is 11.6 Å². The van der Waals surface area contributed by atoms with Gasteiger partial charge in [-0.05, 0) is 24.1 Å². The monoisotopic (exact) mass is 214 g/mol. The first-order chi connectivity index (χ1) is 6.50. The molecule has 0 aliphatic rings. The van der Waals surface area contributed by atoms with Crippen molar-refractivity contribution in [3.05, 3.63) is 28.8 Å². The molecule has 4 nitrogen and oxygen atoms in total. The molecule has 0 aliphatic carbocycles. The number of carboxylic acid groups (broad SMARTS) is 1. The third-order valence-corrected chi connectivity index (χ3v) is 2.19. The van der Waals surface area contributed by atoms with Crippen LogP contribution in [0.5, 0.6) is 0 Å². The number of carboxylic acids is 1. The minimum atomic E-state index is -1.04. The summed E-state index contributed by atoms with van der Waals surface area (Å²) in [6.07, 6.45) is 0.203. The minimum absolute atomic E-state index is 0.203. The van der Waals surface area contributed by atoms with Crippen LogP contribution in [-0.4, -0.2) is 17.1 Å². The fraction of sp³-hybridized carbons (Fsp3) is 0.222. The molecule has 0 aliphatic heterocycles. The summed E-state index contributed by atoms with van der Waals surface area (Å²) in [5.74, 6) is -1.04. The zero-order valence-corrected chi connectivity index (χ0v) is 8.16. The standard InChI is InChI=1S/C9H11ClN2O2/c10-7-4-6(11)2-1-5(7)3-8(12)9(13)14/h1-2,4,8H,3,11-12H2,(H,13,14). The summed E-state index contributed by atoms with van der Waals surface area (Å²) < 4.78 is 0. The molecule has 5 heteroatoms. The molecule has 1 rings (SSSR count). The molecular weight excluding hydrogens is 204 g/mol. The number of nitrogen functional groups attached to an aromatic ring is 1. The summed E-state index contributed by atoms with van der Waals surface area (Å²) in [5.41, 5.74) is 12.1. The summed E-state index contributed by atoms with van der Waals surface area (Å²) in [6.45, 7) is 0. The number of aliphatic carboxylic acids is 1. The van der Waals surface area contributed by atoms with Crippen molar-refractivity contribution < 1.29 is 9.90 Å². The van der Waals surface area contributed by atoms with Gasteiger partial charge >= 0.3 is 5.97 Å². The Morgan fingerprint density at radius 2 is 2.21 bits per heavy atom. The van der Waals surface area contributed by atoms with Gasteiger partial charge in [0.15, 0.2) is 0 Å². The number of halogens is 1. The lowest BCUT2D eigenvalue weighted by Gasteiger charge is -2.08. The van der Waals surface area contributed by atoms with Crippen molar-refractivity contribution in [3.8, 4) is 0 Å². The molecule has 1 atom stereocenters. The van der Waals surface area contributed by atoms with E-state index in [1.807, 2.05) is 0 Å². The number of hydrogen-bond acceptors (Lipinski definition) is 3. The summed E-state index contributed by atoms with van der Waals surface area (Å²) in [7, 11) is 0. The highest BCUT2D eigenvalue weighted by Crippen LogP contribution is 2.20. The number of anilines is 1. The predicted octanol–water partition coefficient (Wildman–Crippen LogP) is 0.877. The van der Waals surface area contributed by atoms with Gasteiger partial charge in [-0.2, -0.15) is 0 Å². The third kappa shape index (κ3) is 2.61. The first-order valence-corrected chi connectivity index (χ1v) is 4.41. The van der Waals surface area contributed by atoms with Gasteiger partial charge in [0, 0.05) is 10.7 Å². The molecule has 5 N–H and O–H groups in total. The lowest BCUT2D eigenvalue weighted by Crippen LogP contribution is -2.32. The van der Waals surface area contributed by atoms with Gasteiger partial charge in [-0.25, -0.2) is 0 Å². The highest BCUT2D eigenvalue weighted by molar-refractivity contribution is 6.31. The topological polar surface area (TPSA) is 89.3 Å². The van der Waals surface area contributed by atoms with Crippen LogP contribution in [0.25, 0.3) is 0 Å². The predicted molar refractivity (Wildman–Crippen MR) is 55.2 cm³/mol. The molecule has 0 heterocycles. The van der Waals surface area contributed by atoms with Crippen LogP contribution in [0.1, 0.15) is 5.56 Å². The van der Waals surface area contributed by atoms with Crippen molar-refractivity contribution >= 4 is 23.3 Å². The van der Waals surface area contributed by atoms with Gasteiger partial charge in [0.05, 0.1) is 0 Å². The van der Waals surface area contributed by atoms with Crippen molar-refractivity contribution in [3.63, 3.8) is 0 Å². The Morgan fingerprint density at radius 1 is 1.57 bits per heavy atom. The van der Waals surface area contributed by atoms with Crippen LogP contribution < -0.4 is 11.5 Å². The van der Waals surface area contributed by atoms with Crippen LogP contribution in [0.2, 0.25) is 5.02 Å². The van der Waals surface area contributed by atoms with Gasteiger partial charge in [0.1, 0.15) is 6.04 Å². The van der Waals surface area contributed by atoms with Gasteiger partial charge in [-0.3, -0.25) is 4.79 Å². The van der Waals surface area contributed by atoms with Crippen molar-refractivity contribution in [2.24, 2.45) is 5.73 Å². The molecule has 1 unspecified atom stereocenters. The second-order valence-electron chi connectivity index (χ2n) is 3.00. The molecular formula is C9H11ClN2O2. The van der Waals surface area contributed by atoms with E-state index < -0.39 is 12.0 Å². The second kappa shape index (κ2) is 4.30. The van der Waals surface area contributed by atoms with E-state index in [-0.39, 0.29) is 6.42 Å². The Hall–Kier alpha value is -1.26. The average Bonchev–Trinajstić information content (AvgIpc) is 2.09. The number of rotatable bonds is 3. The van der Waals surface area contributed by atoms with Crippen LogP contribution in [0, 0.1) is 0 Å². The van der Waals surface area contributed by atoms with E-state index in [1.165, 1.54) is 0 Å². The Morgan fingerprint density at radius 3 is 2.71 bits per heavy atom. The van der Waals surface area contributed by atoms with Crippen LogP contribution in [0.4, 0.5) is 5.69 Å². The quantitative estimate of drug-likeness (QED) is 0.652. The maximum absolute atomic E-state index is 10.5. The Kier molecular flexibility index (Phi) is 3.33. The highest BCUT2D eigenvalue weighted by Gasteiger charge is 2.13. The van der Waals surface area contributed by atoms with Crippen LogP contribution in [-0.2, 0) is 11.2 Å². The number of carbonyl (C=O) groups is 1. The van der Waals surface area contributed by atoms with Crippen molar-refractivity contribution in [1.82, 2.24) is 0 Å². The van der Waals surface area contributed by atoms with Crippen LogP contribution in [0.15, 0.2) is 18.2 Å². The summed E-state index contributed by atoms with van der Waals surface area (Å²) in [4.78, 5) is 10.5. The van der Waals surface area contributed by atoms with E-state index in [9.17, 15) is 4.79 Å². The Bertz CT molecular complexity index is 355. The lowest BCUT2D eigenvalue weighted by atomic mass is 10.1. The van der Waals surface area contributed by atoms with E-state index in [4.69, 9.17) is 28.2 Å². The summed E-state index contributed by atoms with van der Waals surface area (Å²) in [6, 6.07) is 3.98. The molecule has 76 valence electrons. The minimum Gasteiger partial charge on any atom is -0.480 e. The third-order valence-electron chi connectivity index (χ3n) is 1.83. The fourth-order valence-electron chi connectivity index (χ4n) is 1.05. The second-order valence-corrected chi connectivity index (χ2v) is 3.41. The average molecular weight is 215 g/mol. The zero-order valence-electron chi connectivity index (χ0n) is 7.40. The van der Waals surface area contributed by atoms with E-state index >= 15 is 0 Å². The maximum atomic E-state index is 10.5. The lowest BCUT2D eigenvalue weighted by molar-refractivity contribution is -0.138. The van der Waals surface area contributed by atoms with E-state index in [2.05, 4.69) is 0 Å². The van der Waals surface area contributed by atoms with Crippen LogP contribution in [0.3, 0.4) is 0 Å². The molecule has 0 aromatic heterocycles. The molecule has 0 bridgehead atoms.